The maximum atomic E-state index is 9.50. The number of aromatic nitrogens is 1. The summed E-state index contributed by atoms with van der Waals surface area (Å²) < 4.78 is 0. The minimum Gasteiger partial charge on any atom is -0.393 e. The van der Waals surface area contributed by atoms with Crippen LogP contribution >= 0.6 is 0 Å². The summed E-state index contributed by atoms with van der Waals surface area (Å²) in [4.78, 5) is 4.19. The monoisotopic (exact) mass is 248 g/mol. The second kappa shape index (κ2) is 5.81. The van der Waals surface area contributed by atoms with E-state index in [2.05, 4.69) is 30.2 Å². The smallest absolute Gasteiger partial charge is 0.0541 e. The summed E-state index contributed by atoms with van der Waals surface area (Å²) in [5, 5.41) is 13.1. The minimum atomic E-state index is -0.0746. The Morgan fingerprint density at radius 1 is 1.33 bits per heavy atom. The summed E-state index contributed by atoms with van der Waals surface area (Å²) >= 11 is 0. The number of aliphatic hydroxyl groups excluding tert-OH is 1. The maximum absolute atomic E-state index is 9.50. The summed E-state index contributed by atoms with van der Waals surface area (Å²) in [6.45, 7) is 5.45. The molecule has 0 radical (unpaired) electrons. The Hall–Kier alpha value is -0.930. The van der Waals surface area contributed by atoms with Crippen molar-refractivity contribution in [3.05, 3.63) is 30.1 Å². The zero-order valence-corrected chi connectivity index (χ0v) is 11.4. The van der Waals surface area contributed by atoms with Crippen LogP contribution in [0.4, 0.5) is 0 Å². The van der Waals surface area contributed by atoms with Crippen LogP contribution in [0.3, 0.4) is 0 Å². The highest BCUT2D eigenvalue weighted by Crippen LogP contribution is 2.23. The van der Waals surface area contributed by atoms with Crippen LogP contribution in [0.15, 0.2) is 24.5 Å². The first-order chi connectivity index (χ1) is 8.58. The molecule has 2 rings (SSSR count). The first kappa shape index (κ1) is 13.5. The van der Waals surface area contributed by atoms with Crippen molar-refractivity contribution in [2.45, 2.75) is 57.1 Å². The van der Waals surface area contributed by atoms with Gasteiger partial charge in [-0.2, -0.15) is 0 Å². The second-order valence-electron chi connectivity index (χ2n) is 6.01. The van der Waals surface area contributed by atoms with Crippen LogP contribution in [0, 0.1) is 0 Å². The summed E-state index contributed by atoms with van der Waals surface area (Å²) in [5.41, 5.74) is 1.37. The summed E-state index contributed by atoms with van der Waals surface area (Å²) in [7, 11) is 0. The van der Waals surface area contributed by atoms with E-state index in [9.17, 15) is 5.11 Å². The van der Waals surface area contributed by atoms with Crippen LogP contribution in [0.2, 0.25) is 0 Å². The van der Waals surface area contributed by atoms with Gasteiger partial charge in [-0.1, -0.05) is 19.9 Å². The molecule has 2 N–H and O–H groups in total. The van der Waals surface area contributed by atoms with Gasteiger partial charge in [0.25, 0.3) is 0 Å². The molecule has 100 valence electrons. The number of aliphatic hydroxyl groups is 1. The molecule has 1 aromatic heterocycles. The highest BCUT2D eigenvalue weighted by atomic mass is 16.3. The van der Waals surface area contributed by atoms with E-state index in [1.165, 1.54) is 5.56 Å². The van der Waals surface area contributed by atoms with Gasteiger partial charge in [-0.3, -0.25) is 4.98 Å². The minimum absolute atomic E-state index is 0.0746. The Labute approximate surface area is 110 Å². The van der Waals surface area contributed by atoms with Crippen molar-refractivity contribution in [1.82, 2.24) is 10.3 Å². The Bertz CT molecular complexity index is 356. The van der Waals surface area contributed by atoms with Crippen LogP contribution in [0.5, 0.6) is 0 Å². The lowest BCUT2D eigenvalue weighted by molar-refractivity contribution is 0.115. The average molecular weight is 248 g/mol. The van der Waals surface area contributed by atoms with Gasteiger partial charge in [0.2, 0.25) is 0 Å². The lowest BCUT2D eigenvalue weighted by Gasteiger charge is -2.31. The van der Waals surface area contributed by atoms with E-state index in [0.717, 1.165) is 32.2 Å². The molecule has 1 fully saturated rings. The van der Waals surface area contributed by atoms with E-state index in [4.69, 9.17) is 0 Å². The summed E-state index contributed by atoms with van der Waals surface area (Å²) in [6.07, 6.45) is 7.74. The molecular formula is C15H24N2O. The molecule has 0 aliphatic heterocycles. The van der Waals surface area contributed by atoms with Crippen molar-refractivity contribution < 1.29 is 5.11 Å². The highest BCUT2D eigenvalue weighted by Gasteiger charge is 2.24. The van der Waals surface area contributed by atoms with Crippen LogP contribution in [-0.2, 0) is 5.41 Å². The quantitative estimate of drug-likeness (QED) is 0.859. The van der Waals surface area contributed by atoms with Gasteiger partial charge in [-0.05, 0) is 37.3 Å². The SMILES string of the molecule is CC(C)(CNC1CCC(O)CC1)c1cccnc1. The van der Waals surface area contributed by atoms with Crippen molar-refractivity contribution in [2.24, 2.45) is 0 Å². The molecule has 0 bridgehead atoms. The fourth-order valence-corrected chi connectivity index (χ4v) is 2.54. The molecule has 3 nitrogen and oxygen atoms in total. The number of pyridine rings is 1. The molecule has 1 aromatic rings. The maximum Gasteiger partial charge on any atom is 0.0541 e. The standard InChI is InChI=1S/C15H24N2O/c1-15(2,12-4-3-9-16-10-12)11-17-13-5-7-14(18)8-6-13/h3-4,9-10,13-14,17-18H,5-8,11H2,1-2H3. The molecule has 1 aliphatic rings. The zero-order valence-electron chi connectivity index (χ0n) is 11.4. The topological polar surface area (TPSA) is 45.1 Å². The molecule has 0 saturated heterocycles. The number of hydrogen-bond donors (Lipinski definition) is 2. The lowest BCUT2D eigenvalue weighted by atomic mass is 9.84. The number of rotatable bonds is 4. The van der Waals surface area contributed by atoms with Crippen molar-refractivity contribution >= 4 is 0 Å². The van der Waals surface area contributed by atoms with Crippen LogP contribution in [0.25, 0.3) is 0 Å². The predicted molar refractivity (Wildman–Crippen MR) is 73.5 cm³/mol. The van der Waals surface area contributed by atoms with E-state index < -0.39 is 0 Å². The Morgan fingerprint density at radius 3 is 2.67 bits per heavy atom. The molecule has 0 spiro atoms. The molecular weight excluding hydrogens is 224 g/mol. The van der Waals surface area contributed by atoms with E-state index in [0.29, 0.717) is 6.04 Å². The molecule has 3 heteroatoms. The third-order valence-electron chi connectivity index (χ3n) is 3.97. The predicted octanol–water partition coefficient (Wildman–Crippen LogP) is 2.25. The Kier molecular flexibility index (Phi) is 4.36. The largest absolute Gasteiger partial charge is 0.393 e. The van der Waals surface area contributed by atoms with Crippen molar-refractivity contribution in [2.75, 3.05) is 6.54 Å². The number of nitrogens with one attached hydrogen (secondary N) is 1. The molecule has 0 amide bonds. The summed E-state index contributed by atoms with van der Waals surface area (Å²) in [6, 6.07) is 4.69. The molecule has 0 unspecified atom stereocenters. The first-order valence-corrected chi connectivity index (χ1v) is 6.90. The van der Waals surface area contributed by atoms with Gasteiger partial charge in [-0.15, -0.1) is 0 Å². The third kappa shape index (κ3) is 3.53. The fourth-order valence-electron chi connectivity index (χ4n) is 2.54. The van der Waals surface area contributed by atoms with Gasteiger partial charge in [0.15, 0.2) is 0 Å². The molecule has 0 aromatic carbocycles. The van der Waals surface area contributed by atoms with E-state index in [1.807, 2.05) is 18.5 Å². The van der Waals surface area contributed by atoms with Gasteiger partial charge in [0, 0.05) is 30.4 Å². The van der Waals surface area contributed by atoms with E-state index in [-0.39, 0.29) is 11.5 Å². The summed E-state index contributed by atoms with van der Waals surface area (Å²) in [5.74, 6) is 0. The fraction of sp³-hybridized carbons (Fsp3) is 0.667. The molecule has 1 heterocycles. The van der Waals surface area contributed by atoms with Gasteiger partial charge in [-0.25, -0.2) is 0 Å². The van der Waals surface area contributed by atoms with Crippen LogP contribution in [0.1, 0.15) is 45.1 Å². The van der Waals surface area contributed by atoms with Crippen molar-refractivity contribution in [3.8, 4) is 0 Å². The molecule has 18 heavy (non-hydrogen) atoms. The van der Waals surface area contributed by atoms with Gasteiger partial charge in [0.05, 0.1) is 6.10 Å². The van der Waals surface area contributed by atoms with Gasteiger partial charge >= 0.3 is 0 Å². The highest BCUT2D eigenvalue weighted by molar-refractivity contribution is 5.20. The molecule has 1 aliphatic carbocycles. The van der Waals surface area contributed by atoms with E-state index >= 15 is 0 Å². The Balaban J connectivity index is 1.86. The third-order valence-corrected chi connectivity index (χ3v) is 3.97. The van der Waals surface area contributed by atoms with E-state index in [1.54, 1.807) is 0 Å². The van der Waals surface area contributed by atoms with Gasteiger partial charge in [0.1, 0.15) is 0 Å². The zero-order chi connectivity index (χ0) is 13.0. The number of hydrogen-bond acceptors (Lipinski definition) is 3. The first-order valence-electron chi connectivity index (χ1n) is 6.90. The van der Waals surface area contributed by atoms with Gasteiger partial charge < -0.3 is 10.4 Å². The van der Waals surface area contributed by atoms with Crippen molar-refractivity contribution in [3.63, 3.8) is 0 Å². The van der Waals surface area contributed by atoms with Crippen LogP contribution < -0.4 is 5.32 Å². The lowest BCUT2D eigenvalue weighted by Crippen LogP contribution is -2.41. The second-order valence-corrected chi connectivity index (χ2v) is 6.01. The van der Waals surface area contributed by atoms with Crippen molar-refractivity contribution in [1.29, 1.82) is 0 Å². The Morgan fingerprint density at radius 2 is 2.06 bits per heavy atom. The average Bonchev–Trinajstić information content (AvgIpc) is 2.39. The molecule has 0 atom stereocenters. The number of nitrogens with zero attached hydrogens (tertiary/aromatic N) is 1. The van der Waals surface area contributed by atoms with Crippen LogP contribution in [-0.4, -0.2) is 28.8 Å². The normalized spacial score (nSPS) is 25.1. The molecule has 1 saturated carbocycles.